The molecule has 154 valence electrons. The molecule has 15 heteroatoms. The summed E-state index contributed by atoms with van der Waals surface area (Å²) in [4.78, 5) is 0. The zero-order valence-corrected chi connectivity index (χ0v) is 13.2. The first kappa shape index (κ1) is 8.34. The highest BCUT2D eigenvalue weighted by Gasteiger charge is 2.46. The van der Waals surface area contributed by atoms with Crippen molar-refractivity contribution in [1.29, 1.82) is 0 Å². The van der Waals surface area contributed by atoms with Crippen LogP contribution in [0.2, 0.25) is 0 Å². The summed E-state index contributed by atoms with van der Waals surface area (Å²) in [6, 6.07) is -7.45. The van der Waals surface area contributed by atoms with E-state index in [2.05, 4.69) is 0 Å². The summed E-state index contributed by atoms with van der Waals surface area (Å²) < 4.78 is 237. The molecular weight excluding hydrogens is 416 g/mol. The van der Waals surface area contributed by atoms with Gasteiger partial charge in [0.1, 0.15) is 15.1 Å². The fraction of sp³-hybridized carbons (Fsp3) is 0.727. The van der Waals surface area contributed by atoms with Crippen molar-refractivity contribution >= 4 is 20.0 Å². The van der Waals surface area contributed by atoms with Crippen LogP contribution >= 0.6 is 0 Å². The van der Waals surface area contributed by atoms with Gasteiger partial charge in [0.2, 0.25) is 6.30 Å². The molecule has 1 rings (SSSR count). The summed E-state index contributed by atoms with van der Waals surface area (Å²) in [5.41, 5.74) is -12.4. The summed E-state index contributed by atoms with van der Waals surface area (Å²) in [6.45, 7) is -14.8. The standard InChI is InChI=1S/C9H17N2.C2F6NO4S2/c1-8(2)10-5-6-11(7-10)9(3)4;3-1(4,5)14(10,11)9-15(12,13)2(6,7)8/h5-9H,1-4H3;/q+1;-1/i1D3,2D3,3D3,4D3,5D,6D,7D,8D,9D;. The Balaban J connectivity index is 0.000000994. The van der Waals surface area contributed by atoms with Crippen LogP contribution in [0, 0.1) is 0 Å². The van der Waals surface area contributed by atoms with Crippen LogP contribution in [-0.2, 0) is 20.0 Å². The van der Waals surface area contributed by atoms with E-state index in [9.17, 15) is 43.2 Å². The molecule has 0 spiro atoms. The number of aromatic nitrogens is 2. The molecule has 0 unspecified atom stereocenters. The fourth-order valence-electron chi connectivity index (χ4n) is 0.676. The lowest BCUT2D eigenvalue weighted by atomic mass is 10.4. The van der Waals surface area contributed by atoms with Crippen molar-refractivity contribution < 1.29 is 71.0 Å². The van der Waals surface area contributed by atoms with Gasteiger partial charge in [-0.2, -0.15) is 26.3 Å². The van der Waals surface area contributed by atoms with Crippen LogP contribution in [0.5, 0.6) is 0 Å². The van der Waals surface area contributed by atoms with Gasteiger partial charge in [0.25, 0.3) is 0 Å². The number of hydrogen-bond donors (Lipinski definition) is 0. The lowest BCUT2D eigenvalue weighted by Crippen LogP contribution is -2.33. The first-order valence-corrected chi connectivity index (χ1v) is 8.05. The lowest BCUT2D eigenvalue weighted by Gasteiger charge is -2.22. The zero-order valence-electron chi connectivity index (χ0n) is 28.6. The minimum absolute atomic E-state index is 0.268. The van der Waals surface area contributed by atoms with E-state index in [-0.39, 0.29) is 9.13 Å². The Labute approximate surface area is 170 Å². The second-order valence-electron chi connectivity index (χ2n) is 3.61. The van der Waals surface area contributed by atoms with Gasteiger partial charge >= 0.3 is 11.0 Å². The van der Waals surface area contributed by atoms with Crippen LogP contribution in [0.1, 0.15) is 62.7 Å². The van der Waals surface area contributed by atoms with Crippen molar-refractivity contribution in [1.82, 2.24) is 4.57 Å². The van der Waals surface area contributed by atoms with Crippen LogP contribution < -0.4 is 4.57 Å². The number of imidazole rings is 1. The predicted octanol–water partition coefficient (Wildman–Crippen LogP) is 3.00. The molecule has 0 saturated carbocycles. The number of rotatable bonds is 4. The van der Waals surface area contributed by atoms with Crippen LogP contribution in [0.3, 0.4) is 0 Å². The first-order valence-electron chi connectivity index (χ1n) is 13.7. The Morgan fingerprint density at radius 3 is 1.85 bits per heavy atom. The number of halogens is 6. The monoisotopic (exact) mass is 450 g/mol. The van der Waals surface area contributed by atoms with E-state index >= 15 is 0 Å². The van der Waals surface area contributed by atoms with E-state index in [0.717, 1.165) is 4.13 Å². The molecule has 0 amide bonds. The van der Waals surface area contributed by atoms with Crippen LogP contribution in [0.4, 0.5) is 26.3 Å². The largest absolute Gasteiger partial charge is 0.480 e. The van der Waals surface area contributed by atoms with Gasteiger partial charge in [-0.3, -0.25) is 0 Å². The quantitative estimate of drug-likeness (QED) is 0.521. The van der Waals surface area contributed by atoms with Gasteiger partial charge in [0.15, 0.2) is 21.4 Å². The Morgan fingerprint density at radius 2 is 1.50 bits per heavy atom. The molecule has 1 aromatic rings. The molecule has 0 aromatic carbocycles. The molecule has 0 bridgehead atoms. The van der Waals surface area contributed by atoms with Crippen molar-refractivity contribution in [2.45, 2.75) is 50.5 Å². The minimum atomic E-state index is -6.72. The molecule has 0 aliphatic carbocycles. The van der Waals surface area contributed by atoms with E-state index in [1.54, 1.807) is 0 Å². The highest BCUT2D eigenvalue weighted by molar-refractivity contribution is 8.13. The third-order valence-corrected chi connectivity index (χ3v) is 4.44. The molecule has 1 heterocycles. The van der Waals surface area contributed by atoms with E-state index in [0.29, 0.717) is 0 Å². The molecular formula is C11H17F6N3O4S2. The van der Waals surface area contributed by atoms with Crippen LogP contribution in [0.15, 0.2) is 18.6 Å². The molecule has 0 atom stereocenters. The topological polar surface area (TPSA) is 91.2 Å². The highest BCUT2D eigenvalue weighted by Crippen LogP contribution is 2.36. The lowest BCUT2D eigenvalue weighted by molar-refractivity contribution is -0.715. The number of hydrogen-bond acceptors (Lipinski definition) is 4. The summed E-state index contributed by atoms with van der Waals surface area (Å²) >= 11 is 0. The van der Waals surface area contributed by atoms with Gasteiger partial charge in [-0.05, 0) is 27.4 Å². The molecule has 0 aliphatic heterocycles. The molecule has 0 fully saturated rings. The molecule has 0 saturated heterocycles. The molecule has 0 N–H and O–H groups in total. The van der Waals surface area contributed by atoms with E-state index < -0.39 is 89.2 Å². The highest BCUT2D eigenvalue weighted by atomic mass is 32.3. The van der Waals surface area contributed by atoms with Crippen molar-refractivity contribution in [2.75, 3.05) is 0 Å². The second kappa shape index (κ2) is 8.12. The average molecular weight is 450 g/mol. The molecule has 0 aliphatic rings. The van der Waals surface area contributed by atoms with Crippen LogP contribution in [-0.4, -0.2) is 32.4 Å². The number of sulfonamides is 2. The van der Waals surface area contributed by atoms with Gasteiger partial charge in [-0.15, -0.1) is 0 Å². The third-order valence-electron chi connectivity index (χ3n) is 1.70. The Kier molecular flexibility index (Phi) is 2.61. The van der Waals surface area contributed by atoms with Gasteiger partial charge in [-0.25, -0.2) is 26.0 Å². The second-order valence-corrected chi connectivity index (χ2v) is 7.03. The molecule has 7 nitrogen and oxygen atoms in total. The van der Waals surface area contributed by atoms with E-state index in [1.807, 2.05) is 0 Å². The zero-order chi connectivity index (χ0) is 35.6. The Bertz CT molecular complexity index is 1280. The van der Waals surface area contributed by atoms with Crippen molar-refractivity contribution in [2.24, 2.45) is 0 Å². The maximum atomic E-state index is 11.4. The maximum absolute atomic E-state index is 11.4. The first-order chi connectivity index (χ1) is 18.2. The molecule has 26 heavy (non-hydrogen) atoms. The third kappa shape index (κ3) is 6.75. The average Bonchev–Trinajstić information content (AvgIpc) is 2.90. The van der Waals surface area contributed by atoms with E-state index in [1.165, 1.54) is 0 Å². The fourth-order valence-corrected chi connectivity index (χ4v) is 2.39. The summed E-state index contributed by atoms with van der Waals surface area (Å²) in [6.07, 6.45) is -4.38. The van der Waals surface area contributed by atoms with Crippen molar-refractivity contribution in [3.05, 3.63) is 22.8 Å². The van der Waals surface area contributed by atoms with Crippen molar-refractivity contribution in [3.8, 4) is 0 Å². The predicted molar refractivity (Wildman–Crippen MR) is 78.7 cm³/mol. The number of alkyl halides is 6. The van der Waals surface area contributed by atoms with Crippen LogP contribution in [0.25, 0.3) is 4.13 Å². The van der Waals surface area contributed by atoms with Gasteiger partial charge in [-0.1, -0.05) is 0 Å². The summed E-state index contributed by atoms with van der Waals surface area (Å²) in [7, 11) is -13.4. The normalized spacial score (nSPS) is 26.0. The van der Waals surface area contributed by atoms with E-state index in [4.69, 9.17) is 23.3 Å². The summed E-state index contributed by atoms with van der Waals surface area (Å²) in [5.74, 6) is 0. The minimum Gasteiger partial charge on any atom is -0.421 e. The summed E-state index contributed by atoms with van der Waals surface area (Å²) in [5, 5.41) is 0. The maximum Gasteiger partial charge on any atom is 0.480 e. The molecule has 0 radical (unpaired) electrons. The van der Waals surface area contributed by atoms with Gasteiger partial charge < -0.3 is 4.13 Å². The Morgan fingerprint density at radius 1 is 1.04 bits per heavy atom. The molecule has 1 aromatic heterocycles. The van der Waals surface area contributed by atoms with Crippen molar-refractivity contribution in [3.63, 3.8) is 0 Å². The smallest absolute Gasteiger partial charge is 0.421 e. The SMILES string of the molecule is O=S(=O)([N-]S(=O)(=O)C(F)(F)F)C(F)(F)F.[2H]c1c([2H])[n+](C([2H])(C([2H])([2H])[2H])C([2H])([2H])[2H])c([2H])n1C([2H])(C([2H])([2H])[2H])C([2H])([2H])[2H]. The number of nitrogens with zero attached hydrogens (tertiary/aromatic N) is 3. The Hall–Kier alpha value is -1.35. The van der Waals surface area contributed by atoms with Gasteiger partial charge in [0, 0.05) is 16.4 Å². The van der Waals surface area contributed by atoms with Gasteiger partial charge in [0.05, 0.1) is 14.8 Å².